The summed E-state index contributed by atoms with van der Waals surface area (Å²) in [4.78, 5) is 11.8. The van der Waals surface area contributed by atoms with Gasteiger partial charge in [0.05, 0.1) is 11.6 Å². The molecule has 18 heavy (non-hydrogen) atoms. The van der Waals surface area contributed by atoms with Crippen LogP contribution in [0.1, 0.15) is 31.2 Å². The Hall–Kier alpha value is -0.930. The Morgan fingerprint density at radius 2 is 2.11 bits per heavy atom. The third kappa shape index (κ3) is 3.79. The summed E-state index contributed by atoms with van der Waals surface area (Å²) in [7, 11) is 0. The summed E-state index contributed by atoms with van der Waals surface area (Å²) in [6, 6.07) is 4.92. The van der Waals surface area contributed by atoms with E-state index in [1.165, 1.54) is 25.0 Å². The highest BCUT2D eigenvalue weighted by atomic mass is 35.5. The number of halogens is 2. The maximum Gasteiger partial charge on any atom is 0.150 e. The highest BCUT2D eigenvalue weighted by Gasteiger charge is 2.15. The smallest absolute Gasteiger partial charge is 0.150 e. The largest absolute Gasteiger partial charge is 0.307 e. The van der Waals surface area contributed by atoms with Crippen LogP contribution >= 0.6 is 11.6 Å². The number of rotatable bonds is 5. The fourth-order valence-electron chi connectivity index (χ4n) is 2.33. The van der Waals surface area contributed by atoms with Crippen molar-refractivity contribution in [2.75, 3.05) is 6.54 Å². The van der Waals surface area contributed by atoms with Crippen LogP contribution in [-0.4, -0.2) is 18.4 Å². The molecule has 1 N–H and O–H groups in total. The van der Waals surface area contributed by atoms with Crippen molar-refractivity contribution in [3.8, 4) is 0 Å². The molecule has 0 atom stereocenters. The molecule has 0 spiro atoms. The summed E-state index contributed by atoms with van der Waals surface area (Å²) >= 11 is 5.68. The average Bonchev–Trinajstić information content (AvgIpc) is 2.84. The van der Waals surface area contributed by atoms with E-state index in [0.717, 1.165) is 18.4 Å². The maximum absolute atomic E-state index is 13.0. The molecule has 1 aromatic rings. The third-order valence-electron chi connectivity index (χ3n) is 3.33. The van der Waals surface area contributed by atoms with E-state index in [1.807, 2.05) is 0 Å². The second-order valence-corrected chi connectivity index (χ2v) is 5.23. The first-order valence-electron chi connectivity index (χ1n) is 6.34. The molecule has 0 bridgehead atoms. The Morgan fingerprint density at radius 3 is 2.78 bits per heavy atom. The SMILES string of the molecule is O=C(CNC1CCCC1)Cc1ccc(F)c(Cl)c1. The molecule has 1 fully saturated rings. The van der Waals surface area contributed by atoms with Gasteiger partial charge in [-0.15, -0.1) is 0 Å². The first-order chi connectivity index (χ1) is 8.65. The van der Waals surface area contributed by atoms with Gasteiger partial charge in [-0.3, -0.25) is 4.79 Å². The van der Waals surface area contributed by atoms with Crippen LogP contribution in [0.25, 0.3) is 0 Å². The first-order valence-corrected chi connectivity index (χ1v) is 6.72. The Bertz CT molecular complexity index is 430. The number of nitrogens with one attached hydrogen (secondary N) is 1. The van der Waals surface area contributed by atoms with Gasteiger partial charge < -0.3 is 5.32 Å². The summed E-state index contributed by atoms with van der Waals surface area (Å²) in [5.74, 6) is -0.332. The number of carbonyl (C=O) groups is 1. The lowest BCUT2D eigenvalue weighted by Crippen LogP contribution is -2.32. The Morgan fingerprint density at radius 1 is 1.39 bits per heavy atom. The van der Waals surface area contributed by atoms with Crippen LogP contribution in [0.5, 0.6) is 0 Å². The molecule has 2 nitrogen and oxygen atoms in total. The zero-order valence-corrected chi connectivity index (χ0v) is 11.0. The molecule has 0 radical (unpaired) electrons. The standard InChI is InChI=1S/C14H17ClFNO/c15-13-8-10(5-6-14(13)16)7-12(18)9-17-11-3-1-2-4-11/h5-6,8,11,17H,1-4,7,9H2. The van der Waals surface area contributed by atoms with E-state index in [0.29, 0.717) is 19.0 Å². The number of ketones is 1. The van der Waals surface area contributed by atoms with Gasteiger partial charge in [0.25, 0.3) is 0 Å². The van der Waals surface area contributed by atoms with E-state index in [9.17, 15) is 9.18 Å². The number of benzene rings is 1. The van der Waals surface area contributed by atoms with Gasteiger partial charge in [-0.05, 0) is 30.5 Å². The predicted molar refractivity (Wildman–Crippen MR) is 70.4 cm³/mol. The van der Waals surface area contributed by atoms with Gasteiger partial charge in [0.15, 0.2) is 5.78 Å². The van der Waals surface area contributed by atoms with Gasteiger partial charge >= 0.3 is 0 Å². The van der Waals surface area contributed by atoms with E-state index in [2.05, 4.69) is 5.32 Å². The van der Waals surface area contributed by atoms with Gasteiger partial charge in [-0.1, -0.05) is 30.5 Å². The average molecular weight is 270 g/mol. The molecular formula is C14H17ClFNO. The van der Waals surface area contributed by atoms with Gasteiger partial charge in [0, 0.05) is 12.5 Å². The predicted octanol–water partition coefficient (Wildman–Crippen LogP) is 3.12. The molecule has 0 heterocycles. The normalized spacial score (nSPS) is 16.1. The molecular weight excluding hydrogens is 253 g/mol. The molecule has 1 aliphatic carbocycles. The summed E-state index contributed by atoms with van der Waals surface area (Å²) in [6.07, 6.45) is 5.13. The van der Waals surface area contributed by atoms with Crippen molar-refractivity contribution in [3.05, 3.63) is 34.6 Å². The van der Waals surface area contributed by atoms with Crippen molar-refractivity contribution in [3.63, 3.8) is 0 Å². The van der Waals surface area contributed by atoms with E-state index in [-0.39, 0.29) is 10.8 Å². The van der Waals surface area contributed by atoms with Crippen molar-refractivity contribution in [1.29, 1.82) is 0 Å². The zero-order chi connectivity index (χ0) is 13.0. The molecule has 0 aliphatic heterocycles. The highest BCUT2D eigenvalue weighted by molar-refractivity contribution is 6.30. The van der Waals surface area contributed by atoms with Crippen LogP contribution in [0.15, 0.2) is 18.2 Å². The Kier molecular flexibility index (Phi) is 4.72. The molecule has 1 saturated carbocycles. The minimum Gasteiger partial charge on any atom is -0.307 e. The summed E-state index contributed by atoms with van der Waals surface area (Å²) < 4.78 is 13.0. The second-order valence-electron chi connectivity index (χ2n) is 4.83. The van der Waals surface area contributed by atoms with E-state index in [1.54, 1.807) is 6.07 Å². The Balaban J connectivity index is 1.80. The molecule has 0 amide bonds. The molecule has 0 unspecified atom stereocenters. The van der Waals surface area contributed by atoms with Crippen molar-refractivity contribution in [2.45, 2.75) is 38.1 Å². The lowest BCUT2D eigenvalue weighted by atomic mass is 10.1. The van der Waals surface area contributed by atoms with Crippen LogP contribution in [-0.2, 0) is 11.2 Å². The van der Waals surface area contributed by atoms with Crippen LogP contribution in [0, 0.1) is 5.82 Å². The quantitative estimate of drug-likeness (QED) is 0.890. The summed E-state index contributed by atoms with van der Waals surface area (Å²) in [6.45, 7) is 0.389. The van der Waals surface area contributed by atoms with Crippen LogP contribution < -0.4 is 5.32 Å². The minimum atomic E-state index is -0.447. The fraction of sp³-hybridized carbons (Fsp3) is 0.500. The lowest BCUT2D eigenvalue weighted by molar-refractivity contribution is -0.117. The molecule has 1 aromatic carbocycles. The van der Waals surface area contributed by atoms with E-state index < -0.39 is 5.82 Å². The number of Topliss-reactive ketones (excluding diaryl/α,β-unsaturated/α-hetero) is 1. The number of carbonyl (C=O) groups excluding carboxylic acids is 1. The van der Waals surface area contributed by atoms with Crippen molar-refractivity contribution in [1.82, 2.24) is 5.32 Å². The van der Waals surface area contributed by atoms with Gasteiger partial charge in [-0.25, -0.2) is 4.39 Å². The zero-order valence-electron chi connectivity index (χ0n) is 10.2. The summed E-state index contributed by atoms with van der Waals surface area (Å²) in [5, 5.41) is 3.34. The van der Waals surface area contributed by atoms with E-state index >= 15 is 0 Å². The van der Waals surface area contributed by atoms with Gasteiger partial charge in [0.1, 0.15) is 5.82 Å². The minimum absolute atomic E-state index is 0.0732. The summed E-state index contributed by atoms with van der Waals surface area (Å²) in [5.41, 5.74) is 0.764. The Labute approximate surface area is 112 Å². The van der Waals surface area contributed by atoms with Crippen molar-refractivity contribution < 1.29 is 9.18 Å². The number of hydrogen-bond acceptors (Lipinski definition) is 2. The van der Waals surface area contributed by atoms with Gasteiger partial charge in [0.2, 0.25) is 0 Å². The topological polar surface area (TPSA) is 29.1 Å². The third-order valence-corrected chi connectivity index (χ3v) is 3.62. The molecule has 0 aromatic heterocycles. The number of hydrogen-bond donors (Lipinski definition) is 1. The molecule has 4 heteroatoms. The van der Waals surface area contributed by atoms with Crippen LogP contribution in [0.3, 0.4) is 0 Å². The first kappa shape index (κ1) is 13.5. The molecule has 0 saturated heterocycles. The fourth-order valence-corrected chi connectivity index (χ4v) is 2.53. The van der Waals surface area contributed by atoms with Crippen LogP contribution in [0.2, 0.25) is 5.02 Å². The molecule has 98 valence electrons. The molecule has 2 rings (SSSR count). The molecule has 1 aliphatic rings. The van der Waals surface area contributed by atoms with Crippen LogP contribution in [0.4, 0.5) is 4.39 Å². The highest BCUT2D eigenvalue weighted by Crippen LogP contribution is 2.18. The second kappa shape index (κ2) is 6.30. The van der Waals surface area contributed by atoms with Gasteiger partial charge in [-0.2, -0.15) is 0 Å². The maximum atomic E-state index is 13.0. The monoisotopic (exact) mass is 269 g/mol. The van der Waals surface area contributed by atoms with E-state index in [4.69, 9.17) is 11.6 Å². The van der Waals surface area contributed by atoms with Crippen molar-refractivity contribution in [2.24, 2.45) is 0 Å². The van der Waals surface area contributed by atoms with Crippen molar-refractivity contribution >= 4 is 17.4 Å². The lowest BCUT2D eigenvalue weighted by Gasteiger charge is -2.10.